The molecule has 1 aromatic rings. The zero-order chi connectivity index (χ0) is 22.2. The Balaban J connectivity index is 2.27. The summed E-state index contributed by atoms with van der Waals surface area (Å²) in [5.74, 6) is -2.39. The summed E-state index contributed by atoms with van der Waals surface area (Å²) in [6.07, 6.45) is 0.490. The van der Waals surface area contributed by atoms with Crippen molar-refractivity contribution in [3.63, 3.8) is 0 Å². The molecule has 3 atom stereocenters. The van der Waals surface area contributed by atoms with Crippen LogP contribution in [0.2, 0.25) is 0 Å². The third-order valence-corrected chi connectivity index (χ3v) is 8.45. The standard InChI is InChI=1S/C22H34NO5P/c1-14-11-21(2,3)17-8-6-15(10-18(17)22(14,4)5)12-29(27,28)13-16(20(25)26)7-9-19(23)24/h6,8,10,14,16H,7,9,11-13H2,1-5H3,(H2,23,24)(H,25,26)(H,27,28). The molecule has 4 N–H and O–H groups in total. The highest BCUT2D eigenvalue weighted by Gasteiger charge is 2.42. The molecule has 162 valence electrons. The Bertz CT molecular complexity index is 846. The molecule has 0 spiro atoms. The monoisotopic (exact) mass is 423 g/mol. The molecule has 3 unspecified atom stereocenters. The molecule has 0 bridgehead atoms. The van der Waals surface area contributed by atoms with Gasteiger partial charge in [0, 0.05) is 18.7 Å². The SMILES string of the molecule is CC1CC(C)(C)c2ccc(CP(=O)(O)CC(CCC(N)=O)C(=O)O)cc2C1(C)C. The van der Waals surface area contributed by atoms with Gasteiger partial charge >= 0.3 is 5.97 Å². The maximum atomic E-state index is 12.8. The van der Waals surface area contributed by atoms with Gasteiger partial charge < -0.3 is 15.7 Å². The number of hydrogen-bond donors (Lipinski definition) is 3. The van der Waals surface area contributed by atoms with E-state index in [0.717, 1.165) is 12.0 Å². The number of carbonyl (C=O) groups excluding carboxylic acids is 1. The summed E-state index contributed by atoms with van der Waals surface area (Å²) in [5, 5.41) is 9.34. The van der Waals surface area contributed by atoms with E-state index >= 15 is 0 Å². The zero-order valence-corrected chi connectivity index (χ0v) is 19.0. The summed E-state index contributed by atoms with van der Waals surface area (Å²) in [5.41, 5.74) is 8.28. The summed E-state index contributed by atoms with van der Waals surface area (Å²) >= 11 is 0. The fourth-order valence-electron chi connectivity index (χ4n) is 4.51. The van der Waals surface area contributed by atoms with Crippen LogP contribution in [-0.4, -0.2) is 28.0 Å². The number of carboxylic acids is 1. The number of hydrogen-bond acceptors (Lipinski definition) is 3. The van der Waals surface area contributed by atoms with Crippen LogP contribution in [0.1, 0.15) is 70.6 Å². The Morgan fingerprint density at radius 3 is 2.41 bits per heavy atom. The summed E-state index contributed by atoms with van der Waals surface area (Å²) in [4.78, 5) is 32.9. The maximum absolute atomic E-state index is 12.8. The molecule has 0 radical (unpaired) electrons. The Kier molecular flexibility index (Phi) is 6.71. The molecule has 1 aliphatic rings. The van der Waals surface area contributed by atoms with Crippen LogP contribution in [0.5, 0.6) is 0 Å². The van der Waals surface area contributed by atoms with E-state index in [1.165, 1.54) is 11.1 Å². The van der Waals surface area contributed by atoms with Gasteiger partial charge in [0.1, 0.15) is 0 Å². The van der Waals surface area contributed by atoms with Crippen molar-refractivity contribution in [1.82, 2.24) is 0 Å². The Morgan fingerprint density at radius 1 is 1.24 bits per heavy atom. The van der Waals surface area contributed by atoms with E-state index in [1.54, 1.807) is 0 Å². The van der Waals surface area contributed by atoms with Crippen molar-refractivity contribution >= 4 is 19.2 Å². The second-order valence-corrected chi connectivity index (χ2v) is 12.2. The summed E-state index contributed by atoms with van der Waals surface area (Å²) in [7, 11) is -3.74. The third kappa shape index (κ3) is 5.49. The predicted molar refractivity (Wildman–Crippen MR) is 114 cm³/mol. The number of amides is 1. The number of carbonyl (C=O) groups is 2. The van der Waals surface area contributed by atoms with Gasteiger partial charge in [0.05, 0.1) is 5.92 Å². The molecule has 1 aromatic carbocycles. The van der Waals surface area contributed by atoms with Crippen LogP contribution < -0.4 is 5.73 Å². The maximum Gasteiger partial charge on any atom is 0.307 e. The van der Waals surface area contributed by atoms with E-state index in [-0.39, 0.29) is 36.0 Å². The van der Waals surface area contributed by atoms with Gasteiger partial charge in [-0.2, -0.15) is 0 Å². The largest absolute Gasteiger partial charge is 0.481 e. The van der Waals surface area contributed by atoms with Gasteiger partial charge in [-0.1, -0.05) is 52.8 Å². The van der Waals surface area contributed by atoms with Crippen molar-refractivity contribution in [3.05, 3.63) is 34.9 Å². The first kappa shape index (κ1) is 23.6. The van der Waals surface area contributed by atoms with Crippen molar-refractivity contribution in [2.24, 2.45) is 17.6 Å². The van der Waals surface area contributed by atoms with Crippen LogP contribution >= 0.6 is 7.37 Å². The van der Waals surface area contributed by atoms with Crippen LogP contribution in [0.3, 0.4) is 0 Å². The minimum absolute atomic E-state index is 0.0296. The first-order valence-electron chi connectivity index (χ1n) is 10.1. The quantitative estimate of drug-likeness (QED) is 0.546. The fourth-order valence-corrected chi connectivity index (χ4v) is 6.44. The number of fused-ring (bicyclic) bond motifs is 1. The molecule has 1 amide bonds. The Hall–Kier alpha value is -1.65. The molecule has 0 aliphatic heterocycles. The zero-order valence-electron chi connectivity index (χ0n) is 18.1. The minimum Gasteiger partial charge on any atom is -0.481 e. The van der Waals surface area contributed by atoms with E-state index in [0.29, 0.717) is 5.92 Å². The molecule has 6 nitrogen and oxygen atoms in total. The second kappa shape index (κ2) is 8.23. The summed E-state index contributed by atoms with van der Waals surface area (Å²) in [6.45, 7) is 11.1. The minimum atomic E-state index is -3.74. The smallest absolute Gasteiger partial charge is 0.307 e. The number of primary amides is 1. The van der Waals surface area contributed by atoms with E-state index in [9.17, 15) is 24.2 Å². The lowest BCUT2D eigenvalue weighted by Gasteiger charge is -2.46. The number of carboxylic acid groups (broad SMARTS) is 1. The molecule has 0 heterocycles. The van der Waals surface area contributed by atoms with Gasteiger partial charge in [0.25, 0.3) is 0 Å². The molecule has 0 saturated heterocycles. The van der Waals surface area contributed by atoms with Gasteiger partial charge in [-0.05, 0) is 46.3 Å². The normalized spacial score (nSPS) is 22.9. The molecule has 0 aromatic heterocycles. The van der Waals surface area contributed by atoms with E-state index < -0.39 is 25.2 Å². The van der Waals surface area contributed by atoms with Crippen LogP contribution in [0.25, 0.3) is 0 Å². The van der Waals surface area contributed by atoms with Gasteiger partial charge in [-0.15, -0.1) is 0 Å². The molecule has 1 aliphatic carbocycles. The highest BCUT2D eigenvalue weighted by Crippen LogP contribution is 2.51. The van der Waals surface area contributed by atoms with Crippen molar-refractivity contribution in [2.75, 3.05) is 6.16 Å². The summed E-state index contributed by atoms with van der Waals surface area (Å²) in [6, 6.07) is 5.96. The van der Waals surface area contributed by atoms with Crippen molar-refractivity contribution in [1.29, 1.82) is 0 Å². The summed E-state index contributed by atoms with van der Waals surface area (Å²) < 4.78 is 12.8. The van der Waals surface area contributed by atoms with Crippen molar-refractivity contribution < 1.29 is 24.2 Å². The topological polar surface area (TPSA) is 118 Å². The van der Waals surface area contributed by atoms with Crippen LogP contribution in [0, 0.1) is 11.8 Å². The lowest BCUT2D eigenvalue weighted by atomic mass is 9.58. The average Bonchev–Trinajstić information content (AvgIpc) is 2.56. The molecule has 0 saturated carbocycles. The van der Waals surface area contributed by atoms with Gasteiger partial charge in [-0.3, -0.25) is 14.2 Å². The molecular weight excluding hydrogens is 389 g/mol. The van der Waals surface area contributed by atoms with Crippen molar-refractivity contribution in [3.8, 4) is 0 Å². The molecule has 0 fully saturated rings. The van der Waals surface area contributed by atoms with Crippen LogP contribution in [-0.2, 0) is 31.1 Å². The second-order valence-electron chi connectivity index (χ2n) is 9.82. The molecular formula is C22H34NO5P. The number of rotatable bonds is 8. The van der Waals surface area contributed by atoms with E-state index in [1.807, 2.05) is 12.1 Å². The fraction of sp³-hybridized carbons (Fsp3) is 0.636. The van der Waals surface area contributed by atoms with E-state index in [2.05, 4.69) is 40.7 Å². The molecule has 7 heteroatoms. The third-order valence-electron chi connectivity index (χ3n) is 6.58. The Labute approximate surface area is 173 Å². The number of benzene rings is 1. The highest BCUT2D eigenvalue weighted by molar-refractivity contribution is 7.57. The van der Waals surface area contributed by atoms with Crippen molar-refractivity contribution in [2.45, 2.75) is 70.9 Å². The van der Waals surface area contributed by atoms with Gasteiger partial charge in [0.15, 0.2) is 0 Å². The van der Waals surface area contributed by atoms with Crippen LogP contribution in [0.15, 0.2) is 18.2 Å². The van der Waals surface area contributed by atoms with Crippen LogP contribution in [0.4, 0.5) is 0 Å². The number of nitrogens with two attached hydrogens (primary N) is 1. The highest BCUT2D eigenvalue weighted by atomic mass is 31.2. The lowest BCUT2D eigenvalue weighted by molar-refractivity contribution is -0.141. The number of aliphatic carboxylic acids is 1. The van der Waals surface area contributed by atoms with Gasteiger partial charge in [0.2, 0.25) is 13.3 Å². The first-order valence-corrected chi connectivity index (χ1v) is 12.1. The van der Waals surface area contributed by atoms with E-state index in [4.69, 9.17) is 5.73 Å². The predicted octanol–water partition coefficient (Wildman–Crippen LogP) is 4.02. The molecule has 2 rings (SSSR count). The lowest BCUT2D eigenvalue weighted by Crippen LogP contribution is -2.40. The van der Waals surface area contributed by atoms with Gasteiger partial charge in [-0.25, -0.2) is 0 Å². The Morgan fingerprint density at radius 2 is 1.86 bits per heavy atom. The molecule has 29 heavy (non-hydrogen) atoms. The average molecular weight is 423 g/mol. The first-order chi connectivity index (χ1) is 13.2.